The fourth-order valence-corrected chi connectivity index (χ4v) is 2.32. The maximum absolute atomic E-state index is 12.0. The lowest BCUT2D eigenvalue weighted by atomic mass is 10.1. The number of likely N-dealkylation sites (N-methyl/N-ethyl adjacent to an activating group) is 1. The SMILES string of the molecule is CCNC(=O)CN1CCN(C(=O)CCCCC(=O)O)CC1. The lowest BCUT2D eigenvalue weighted by Crippen LogP contribution is -2.51. The zero-order valence-electron chi connectivity index (χ0n) is 12.6. The largest absolute Gasteiger partial charge is 0.481 e. The summed E-state index contributed by atoms with van der Waals surface area (Å²) in [5.74, 6) is -0.717. The Balaban J connectivity index is 2.18. The Hall–Kier alpha value is -1.63. The summed E-state index contributed by atoms with van der Waals surface area (Å²) < 4.78 is 0. The topological polar surface area (TPSA) is 90.0 Å². The minimum Gasteiger partial charge on any atom is -0.481 e. The molecule has 0 radical (unpaired) electrons. The Bertz CT molecular complexity index is 365. The number of amides is 2. The Morgan fingerprint density at radius 3 is 2.24 bits per heavy atom. The number of nitrogens with one attached hydrogen (secondary N) is 1. The van der Waals surface area contributed by atoms with Gasteiger partial charge in [-0.3, -0.25) is 19.3 Å². The highest BCUT2D eigenvalue weighted by atomic mass is 16.4. The van der Waals surface area contributed by atoms with E-state index in [1.165, 1.54) is 0 Å². The van der Waals surface area contributed by atoms with Crippen LogP contribution in [0.1, 0.15) is 32.6 Å². The first kappa shape index (κ1) is 17.4. The standard InChI is InChI=1S/C14H25N3O4/c1-2-15-12(18)11-16-7-9-17(10-8-16)13(19)5-3-4-6-14(20)21/h2-11H2,1H3,(H,15,18)(H,20,21). The third-order valence-corrected chi connectivity index (χ3v) is 3.50. The van der Waals surface area contributed by atoms with Crippen molar-refractivity contribution in [3.8, 4) is 0 Å². The van der Waals surface area contributed by atoms with Gasteiger partial charge in [-0.05, 0) is 19.8 Å². The summed E-state index contributed by atoms with van der Waals surface area (Å²) in [5, 5.41) is 11.3. The van der Waals surface area contributed by atoms with Gasteiger partial charge in [0.25, 0.3) is 0 Å². The summed E-state index contributed by atoms with van der Waals surface area (Å²) in [6, 6.07) is 0. The highest BCUT2D eigenvalue weighted by Gasteiger charge is 2.21. The molecule has 7 heteroatoms. The van der Waals surface area contributed by atoms with Gasteiger partial charge in [0.05, 0.1) is 6.54 Å². The monoisotopic (exact) mass is 299 g/mol. The molecule has 1 saturated heterocycles. The lowest BCUT2D eigenvalue weighted by Gasteiger charge is -2.34. The van der Waals surface area contributed by atoms with E-state index >= 15 is 0 Å². The van der Waals surface area contributed by atoms with E-state index < -0.39 is 5.97 Å². The second-order valence-electron chi connectivity index (χ2n) is 5.21. The molecule has 120 valence electrons. The molecule has 1 rings (SSSR count). The van der Waals surface area contributed by atoms with E-state index in [-0.39, 0.29) is 18.2 Å². The van der Waals surface area contributed by atoms with Crippen molar-refractivity contribution < 1.29 is 19.5 Å². The van der Waals surface area contributed by atoms with Crippen LogP contribution >= 0.6 is 0 Å². The number of carboxylic acid groups (broad SMARTS) is 1. The van der Waals surface area contributed by atoms with Crippen LogP contribution < -0.4 is 5.32 Å². The number of hydrogen-bond donors (Lipinski definition) is 2. The molecule has 2 amide bonds. The highest BCUT2D eigenvalue weighted by molar-refractivity contribution is 5.78. The minimum absolute atomic E-state index is 0.0194. The number of nitrogens with zero attached hydrogens (tertiary/aromatic N) is 2. The molecule has 0 unspecified atom stereocenters. The highest BCUT2D eigenvalue weighted by Crippen LogP contribution is 2.07. The van der Waals surface area contributed by atoms with Gasteiger partial charge in [0, 0.05) is 45.6 Å². The second-order valence-corrected chi connectivity index (χ2v) is 5.21. The first-order valence-corrected chi connectivity index (χ1v) is 7.51. The third-order valence-electron chi connectivity index (χ3n) is 3.50. The van der Waals surface area contributed by atoms with Crippen LogP contribution in [0.4, 0.5) is 0 Å². The van der Waals surface area contributed by atoms with Gasteiger partial charge in [-0.15, -0.1) is 0 Å². The zero-order valence-corrected chi connectivity index (χ0v) is 12.6. The van der Waals surface area contributed by atoms with Crippen molar-refractivity contribution in [3.05, 3.63) is 0 Å². The van der Waals surface area contributed by atoms with E-state index in [9.17, 15) is 14.4 Å². The second kappa shape index (κ2) is 9.33. The molecule has 1 heterocycles. The van der Waals surface area contributed by atoms with Gasteiger partial charge in [0.15, 0.2) is 0 Å². The number of carbonyl (C=O) groups is 3. The summed E-state index contributed by atoms with van der Waals surface area (Å²) in [5.41, 5.74) is 0. The van der Waals surface area contributed by atoms with Crippen molar-refractivity contribution in [1.82, 2.24) is 15.1 Å². The average Bonchev–Trinajstić information content (AvgIpc) is 2.44. The van der Waals surface area contributed by atoms with Gasteiger partial charge in [-0.1, -0.05) is 0 Å². The number of carbonyl (C=O) groups excluding carboxylic acids is 2. The van der Waals surface area contributed by atoms with Gasteiger partial charge >= 0.3 is 5.97 Å². The normalized spacial score (nSPS) is 15.8. The van der Waals surface area contributed by atoms with E-state index in [1.807, 2.05) is 11.8 Å². The van der Waals surface area contributed by atoms with Crippen molar-refractivity contribution in [3.63, 3.8) is 0 Å². The summed E-state index contributed by atoms with van der Waals surface area (Å²) in [7, 11) is 0. The van der Waals surface area contributed by atoms with Crippen LogP contribution in [0.3, 0.4) is 0 Å². The van der Waals surface area contributed by atoms with Crippen molar-refractivity contribution in [2.24, 2.45) is 0 Å². The molecule has 0 atom stereocenters. The molecule has 2 N–H and O–H groups in total. The van der Waals surface area contributed by atoms with Crippen molar-refractivity contribution in [1.29, 1.82) is 0 Å². The van der Waals surface area contributed by atoms with E-state index in [2.05, 4.69) is 5.32 Å². The van der Waals surface area contributed by atoms with Crippen LogP contribution in [0, 0.1) is 0 Å². The van der Waals surface area contributed by atoms with Crippen LogP contribution in [0.5, 0.6) is 0 Å². The zero-order chi connectivity index (χ0) is 15.7. The number of rotatable bonds is 8. The summed E-state index contributed by atoms with van der Waals surface area (Å²) >= 11 is 0. The molecular weight excluding hydrogens is 274 g/mol. The molecule has 0 aromatic carbocycles. The molecule has 0 aromatic rings. The maximum atomic E-state index is 12.0. The van der Waals surface area contributed by atoms with Gasteiger partial charge in [-0.2, -0.15) is 0 Å². The van der Waals surface area contributed by atoms with Crippen LogP contribution in [-0.2, 0) is 14.4 Å². The molecule has 21 heavy (non-hydrogen) atoms. The smallest absolute Gasteiger partial charge is 0.303 e. The first-order valence-electron chi connectivity index (χ1n) is 7.51. The van der Waals surface area contributed by atoms with E-state index in [0.717, 1.165) is 0 Å². The molecule has 0 saturated carbocycles. The molecule has 0 spiro atoms. The Kier molecular flexibility index (Phi) is 7.74. The molecule has 1 fully saturated rings. The maximum Gasteiger partial charge on any atom is 0.303 e. The van der Waals surface area contributed by atoms with Gasteiger partial charge < -0.3 is 15.3 Å². The van der Waals surface area contributed by atoms with Crippen molar-refractivity contribution in [2.75, 3.05) is 39.3 Å². The van der Waals surface area contributed by atoms with Crippen LogP contribution in [0.2, 0.25) is 0 Å². The van der Waals surface area contributed by atoms with E-state index in [4.69, 9.17) is 5.11 Å². The predicted octanol–water partition coefficient (Wildman–Crippen LogP) is -0.0883. The molecule has 0 aromatic heterocycles. The number of unbranched alkanes of at least 4 members (excludes halogenated alkanes) is 1. The first-order chi connectivity index (χ1) is 10.0. The molecule has 1 aliphatic rings. The van der Waals surface area contributed by atoms with Gasteiger partial charge in [0.2, 0.25) is 11.8 Å². The minimum atomic E-state index is -0.818. The van der Waals surface area contributed by atoms with Crippen molar-refractivity contribution >= 4 is 17.8 Å². The summed E-state index contributed by atoms with van der Waals surface area (Å²) in [6.45, 7) is 5.59. The van der Waals surface area contributed by atoms with Gasteiger partial charge in [-0.25, -0.2) is 0 Å². The molecular formula is C14H25N3O4. The van der Waals surface area contributed by atoms with Crippen molar-refractivity contribution in [2.45, 2.75) is 32.6 Å². The molecule has 1 aliphatic heterocycles. The Morgan fingerprint density at radius 1 is 1.05 bits per heavy atom. The van der Waals surface area contributed by atoms with Gasteiger partial charge in [0.1, 0.15) is 0 Å². The van der Waals surface area contributed by atoms with E-state index in [1.54, 1.807) is 4.90 Å². The Labute approximate surface area is 125 Å². The fourth-order valence-electron chi connectivity index (χ4n) is 2.32. The molecule has 7 nitrogen and oxygen atoms in total. The number of carboxylic acids is 1. The predicted molar refractivity (Wildman–Crippen MR) is 77.8 cm³/mol. The fraction of sp³-hybridized carbons (Fsp3) is 0.786. The molecule has 0 bridgehead atoms. The number of hydrogen-bond acceptors (Lipinski definition) is 4. The summed E-state index contributed by atoms with van der Waals surface area (Å²) in [4.78, 5) is 37.7. The summed E-state index contributed by atoms with van der Waals surface area (Å²) in [6.07, 6.45) is 1.68. The lowest BCUT2D eigenvalue weighted by molar-refractivity contribution is -0.138. The van der Waals surface area contributed by atoms with Crippen LogP contribution in [0.25, 0.3) is 0 Å². The number of piperazine rings is 1. The Morgan fingerprint density at radius 2 is 1.67 bits per heavy atom. The third kappa shape index (κ3) is 7.08. The van der Waals surface area contributed by atoms with E-state index in [0.29, 0.717) is 58.5 Å². The molecule has 0 aliphatic carbocycles. The van der Waals surface area contributed by atoms with Crippen LogP contribution in [0.15, 0.2) is 0 Å². The average molecular weight is 299 g/mol. The number of aliphatic carboxylic acids is 1. The quantitative estimate of drug-likeness (QED) is 0.612. The van der Waals surface area contributed by atoms with Crippen LogP contribution in [-0.4, -0.2) is 72.0 Å².